The molecule has 2 aromatic heterocycles. The van der Waals surface area contributed by atoms with E-state index in [9.17, 15) is 14.9 Å². The highest BCUT2D eigenvalue weighted by atomic mass is 79.9. The van der Waals surface area contributed by atoms with Crippen LogP contribution in [0.3, 0.4) is 0 Å². The van der Waals surface area contributed by atoms with Crippen LogP contribution in [-0.2, 0) is 16.1 Å². The molecule has 0 radical (unpaired) electrons. The maximum absolute atomic E-state index is 11.9. The van der Waals surface area contributed by atoms with Crippen molar-refractivity contribution < 1.29 is 23.9 Å². The number of rotatable bonds is 13. The molecule has 0 bridgehead atoms. The van der Waals surface area contributed by atoms with Crippen molar-refractivity contribution in [3.05, 3.63) is 63.1 Å². The topological polar surface area (TPSA) is 168 Å². The summed E-state index contributed by atoms with van der Waals surface area (Å²) in [7, 11) is 1.55. The first kappa shape index (κ1) is 27.7. The van der Waals surface area contributed by atoms with E-state index in [4.69, 9.17) is 14.2 Å². The van der Waals surface area contributed by atoms with E-state index in [0.29, 0.717) is 22.8 Å². The second kappa shape index (κ2) is 12.9. The van der Waals surface area contributed by atoms with E-state index in [1.807, 2.05) is 31.2 Å². The van der Waals surface area contributed by atoms with Gasteiger partial charge in [0.15, 0.2) is 11.5 Å². The molecule has 0 unspecified atom stereocenters. The third-order valence-corrected chi connectivity index (χ3v) is 6.26. The number of nitro groups is 1. The van der Waals surface area contributed by atoms with Gasteiger partial charge in [-0.2, -0.15) is 4.68 Å². The lowest BCUT2D eigenvalue weighted by Gasteiger charge is -2.14. The molecule has 2 heterocycles. The van der Waals surface area contributed by atoms with Gasteiger partial charge >= 0.3 is 5.95 Å². The molecule has 0 spiro atoms. The Labute approximate surface area is 231 Å². The minimum atomic E-state index is -0.730. The SMILES string of the molecule is COc1cc2c(Nc3ccc(C)c(Br)c3)ncnc2cc1OCCOCCNC(=O)Cn1cnc([N+](=O)[O-])n1. The number of anilines is 2. The normalized spacial score (nSPS) is 10.8. The van der Waals surface area contributed by atoms with Crippen LogP contribution in [0.2, 0.25) is 0 Å². The number of carbonyl (C=O) groups is 1. The molecule has 39 heavy (non-hydrogen) atoms. The Hall–Kier alpha value is -4.37. The van der Waals surface area contributed by atoms with Crippen molar-refractivity contribution in [3.8, 4) is 11.5 Å². The number of amides is 1. The van der Waals surface area contributed by atoms with E-state index < -0.39 is 10.9 Å². The highest BCUT2D eigenvalue weighted by molar-refractivity contribution is 9.10. The summed E-state index contributed by atoms with van der Waals surface area (Å²) in [4.78, 5) is 34.0. The maximum atomic E-state index is 11.9. The quantitative estimate of drug-likeness (QED) is 0.131. The zero-order valence-electron chi connectivity index (χ0n) is 21.1. The summed E-state index contributed by atoms with van der Waals surface area (Å²) >= 11 is 3.55. The third kappa shape index (κ3) is 7.36. The van der Waals surface area contributed by atoms with Crippen molar-refractivity contribution in [2.45, 2.75) is 13.5 Å². The van der Waals surface area contributed by atoms with Gasteiger partial charge in [-0.1, -0.05) is 27.0 Å². The summed E-state index contributed by atoms with van der Waals surface area (Å²) in [6, 6.07) is 9.55. The zero-order chi connectivity index (χ0) is 27.8. The van der Waals surface area contributed by atoms with Crippen LogP contribution in [0, 0.1) is 17.0 Å². The average Bonchev–Trinajstić information content (AvgIpc) is 3.38. The Morgan fingerprint density at radius 1 is 1.13 bits per heavy atom. The van der Waals surface area contributed by atoms with Crippen LogP contribution in [-0.4, -0.2) is 69.0 Å². The van der Waals surface area contributed by atoms with Crippen molar-refractivity contribution >= 4 is 50.2 Å². The van der Waals surface area contributed by atoms with Gasteiger partial charge in [0.05, 0.1) is 25.8 Å². The summed E-state index contributed by atoms with van der Waals surface area (Å²) in [5.41, 5.74) is 2.68. The molecule has 14 nitrogen and oxygen atoms in total. The number of aryl methyl sites for hydroxylation is 1. The largest absolute Gasteiger partial charge is 0.493 e. The smallest absolute Gasteiger partial charge is 0.490 e. The van der Waals surface area contributed by atoms with Gasteiger partial charge in [0, 0.05) is 33.3 Å². The molecule has 2 N–H and O–H groups in total. The molecule has 1 amide bonds. The molecule has 0 fully saturated rings. The summed E-state index contributed by atoms with van der Waals surface area (Å²) in [6.07, 6.45) is 2.60. The minimum absolute atomic E-state index is 0.185. The predicted octanol–water partition coefficient (Wildman–Crippen LogP) is 3.16. The molecule has 0 aliphatic rings. The minimum Gasteiger partial charge on any atom is -0.493 e. The first-order chi connectivity index (χ1) is 18.8. The first-order valence-electron chi connectivity index (χ1n) is 11.7. The van der Waals surface area contributed by atoms with E-state index in [1.165, 1.54) is 6.33 Å². The number of ether oxygens (including phenoxy) is 3. The van der Waals surface area contributed by atoms with Gasteiger partial charge in [-0.05, 0) is 35.6 Å². The molecular formula is C24H25BrN8O6. The second-order valence-electron chi connectivity index (χ2n) is 8.14. The highest BCUT2D eigenvalue weighted by Gasteiger charge is 2.15. The Balaban J connectivity index is 1.25. The van der Waals surface area contributed by atoms with Crippen LogP contribution in [0.15, 0.2) is 47.5 Å². The molecule has 4 rings (SSSR count). The molecule has 0 saturated heterocycles. The molecule has 15 heteroatoms. The lowest BCUT2D eigenvalue weighted by molar-refractivity contribution is -0.394. The Morgan fingerprint density at radius 2 is 1.97 bits per heavy atom. The average molecular weight is 601 g/mol. The highest BCUT2D eigenvalue weighted by Crippen LogP contribution is 2.35. The molecule has 0 aliphatic carbocycles. The Morgan fingerprint density at radius 3 is 2.72 bits per heavy atom. The van der Waals surface area contributed by atoms with Gasteiger partial charge in [-0.3, -0.25) is 4.79 Å². The van der Waals surface area contributed by atoms with Crippen LogP contribution < -0.4 is 20.1 Å². The molecule has 2 aromatic carbocycles. The van der Waals surface area contributed by atoms with E-state index in [0.717, 1.165) is 32.1 Å². The van der Waals surface area contributed by atoms with E-state index in [-0.39, 0.29) is 38.8 Å². The zero-order valence-corrected chi connectivity index (χ0v) is 22.7. The van der Waals surface area contributed by atoms with Gasteiger partial charge in [-0.25, -0.2) is 9.97 Å². The summed E-state index contributed by atoms with van der Waals surface area (Å²) < 4.78 is 19.0. The Kier molecular flexibility index (Phi) is 9.17. The van der Waals surface area contributed by atoms with Gasteiger partial charge in [0.1, 0.15) is 25.3 Å². The van der Waals surface area contributed by atoms with E-state index in [2.05, 4.69) is 46.6 Å². The molecule has 0 atom stereocenters. The first-order valence-corrected chi connectivity index (χ1v) is 12.5. The summed E-state index contributed by atoms with van der Waals surface area (Å²) in [5, 5.41) is 20.9. The lowest BCUT2D eigenvalue weighted by atomic mass is 10.2. The van der Waals surface area contributed by atoms with Crippen LogP contribution in [0.4, 0.5) is 17.5 Å². The fraction of sp³-hybridized carbons (Fsp3) is 0.292. The van der Waals surface area contributed by atoms with E-state index in [1.54, 1.807) is 13.2 Å². The van der Waals surface area contributed by atoms with Crippen molar-refractivity contribution in [2.24, 2.45) is 0 Å². The number of halogens is 1. The number of methoxy groups -OCH3 is 1. The number of carbonyl (C=O) groups excluding carboxylic acids is 1. The predicted molar refractivity (Wildman–Crippen MR) is 144 cm³/mol. The number of nitrogens with one attached hydrogen (secondary N) is 2. The lowest BCUT2D eigenvalue weighted by Crippen LogP contribution is -2.31. The van der Waals surface area contributed by atoms with Gasteiger partial charge < -0.3 is 35.0 Å². The molecule has 0 aliphatic heterocycles. The summed E-state index contributed by atoms with van der Waals surface area (Å²) in [6.45, 7) is 2.84. The van der Waals surface area contributed by atoms with Gasteiger partial charge in [-0.15, -0.1) is 0 Å². The standard InChI is InChI=1S/C24H25BrN8O6/c1-15-3-4-16(9-18(15)25)30-23-17-10-20(37-2)21(11-19(17)27-13-28-23)39-8-7-38-6-5-26-22(34)12-32-14-29-24(31-32)33(35)36/h3-4,9-11,13-14H,5-8,12H2,1-2H3,(H,26,34)(H,27,28,30). The third-order valence-electron chi connectivity index (χ3n) is 5.40. The fourth-order valence-electron chi connectivity index (χ4n) is 3.47. The number of hydrogen-bond donors (Lipinski definition) is 2. The fourth-order valence-corrected chi connectivity index (χ4v) is 3.85. The van der Waals surface area contributed by atoms with Crippen molar-refractivity contribution in [1.29, 1.82) is 0 Å². The number of benzene rings is 2. The molecule has 4 aromatic rings. The van der Waals surface area contributed by atoms with Crippen molar-refractivity contribution in [3.63, 3.8) is 0 Å². The van der Waals surface area contributed by atoms with Crippen LogP contribution in [0.1, 0.15) is 5.56 Å². The monoisotopic (exact) mass is 600 g/mol. The van der Waals surface area contributed by atoms with E-state index >= 15 is 0 Å². The Bertz CT molecular complexity index is 1480. The summed E-state index contributed by atoms with van der Waals surface area (Å²) in [5.74, 6) is 0.724. The number of aromatic nitrogens is 5. The van der Waals surface area contributed by atoms with Crippen LogP contribution in [0.5, 0.6) is 11.5 Å². The molecule has 0 saturated carbocycles. The van der Waals surface area contributed by atoms with Crippen molar-refractivity contribution in [1.82, 2.24) is 30.0 Å². The number of nitrogens with zero attached hydrogens (tertiary/aromatic N) is 6. The van der Waals surface area contributed by atoms with Crippen LogP contribution in [0.25, 0.3) is 10.9 Å². The molecular weight excluding hydrogens is 576 g/mol. The number of hydrogen-bond acceptors (Lipinski definition) is 11. The molecule has 204 valence electrons. The number of fused-ring (bicyclic) bond motifs is 1. The second-order valence-corrected chi connectivity index (χ2v) is 9.00. The van der Waals surface area contributed by atoms with Crippen LogP contribution >= 0.6 is 15.9 Å². The van der Waals surface area contributed by atoms with Gasteiger partial charge in [0.2, 0.25) is 12.2 Å². The van der Waals surface area contributed by atoms with Gasteiger partial charge in [0.25, 0.3) is 0 Å². The maximum Gasteiger partial charge on any atom is 0.490 e. The van der Waals surface area contributed by atoms with Crippen molar-refractivity contribution in [2.75, 3.05) is 38.8 Å².